The highest BCUT2D eigenvalue weighted by atomic mass is 16.4. The van der Waals surface area contributed by atoms with Crippen molar-refractivity contribution in [2.24, 2.45) is 0 Å². The molecule has 0 rings (SSSR count). The van der Waals surface area contributed by atoms with Crippen molar-refractivity contribution >= 4 is 17.8 Å². The summed E-state index contributed by atoms with van der Waals surface area (Å²) in [7, 11) is 0. The van der Waals surface area contributed by atoms with Gasteiger partial charge in [-0.2, -0.15) is 0 Å². The number of carbonyl (C=O) groups is 3. The van der Waals surface area contributed by atoms with Gasteiger partial charge in [0.25, 0.3) is 0 Å². The molecule has 1 atom stereocenters. The van der Waals surface area contributed by atoms with E-state index in [4.69, 9.17) is 5.11 Å². The van der Waals surface area contributed by atoms with Crippen LogP contribution >= 0.6 is 0 Å². The number of carbonyl (C=O) groups excluding carboxylic acids is 2. The third kappa shape index (κ3) is 13.8. The average molecular weight is 372 g/mol. The monoisotopic (exact) mass is 371 g/mol. The van der Waals surface area contributed by atoms with Gasteiger partial charge in [-0.05, 0) is 6.42 Å². The molecule has 0 spiro atoms. The van der Waals surface area contributed by atoms with Crippen LogP contribution in [0.1, 0.15) is 97.3 Å². The van der Waals surface area contributed by atoms with Crippen LogP contribution in [-0.2, 0) is 14.4 Å². The van der Waals surface area contributed by atoms with Crippen molar-refractivity contribution in [3.05, 3.63) is 0 Å². The zero-order valence-corrected chi connectivity index (χ0v) is 16.5. The standard InChI is InChI=1S/C20H37NO5/c1-3-4-5-6-7-8-9-10-11-12-13-14-18(23)15-19(24)21(17(2)22)16-20(25)26/h18,23H,3-16H2,1-2H3,(H,25,26). The number of carboxylic acids is 1. The van der Waals surface area contributed by atoms with Gasteiger partial charge in [-0.1, -0.05) is 77.6 Å². The maximum absolute atomic E-state index is 11.9. The zero-order valence-electron chi connectivity index (χ0n) is 16.5. The molecule has 6 heteroatoms. The van der Waals surface area contributed by atoms with Crippen LogP contribution in [0.5, 0.6) is 0 Å². The molecule has 0 aliphatic rings. The summed E-state index contributed by atoms with van der Waals surface area (Å²) in [6.07, 6.45) is 12.9. The number of hydrogen-bond donors (Lipinski definition) is 2. The Morgan fingerprint density at radius 2 is 1.31 bits per heavy atom. The van der Waals surface area contributed by atoms with Gasteiger partial charge < -0.3 is 10.2 Å². The maximum Gasteiger partial charge on any atom is 0.323 e. The van der Waals surface area contributed by atoms with E-state index in [1.54, 1.807) is 0 Å². The predicted molar refractivity (Wildman–Crippen MR) is 102 cm³/mol. The van der Waals surface area contributed by atoms with Crippen LogP contribution in [-0.4, -0.2) is 45.5 Å². The first-order valence-electron chi connectivity index (χ1n) is 10.1. The number of unbranched alkanes of at least 4 members (excludes halogenated alkanes) is 10. The zero-order chi connectivity index (χ0) is 19.8. The van der Waals surface area contributed by atoms with Crippen molar-refractivity contribution in [3.8, 4) is 0 Å². The highest BCUT2D eigenvalue weighted by Gasteiger charge is 2.23. The van der Waals surface area contributed by atoms with E-state index in [0.717, 1.165) is 26.2 Å². The number of nitrogens with zero attached hydrogens (tertiary/aromatic N) is 1. The van der Waals surface area contributed by atoms with Gasteiger partial charge in [0.1, 0.15) is 6.54 Å². The quantitative estimate of drug-likeness (QED) is 0.401. The maximum atomic E-state index is 11.9. The molecule has 6 nitrogen and oxygen atoms in total. The van der Waals surface area contributed by atoms with E-state index in [9.17, 15) is 19.5 Å². The molecule has 0 fully saturated rings. The second-order valence-electron chi connectivity index (χ2n) is 7.07. The molecular weight excluding hydrogens is 334 g/mol. The Kier molecular flexibility index (Phi) is 14.9. The minimum Gasteiger partial charge on any atom is -0.480 e. The lowest BCUT2D eigenvalue weighted by Gasteiger charge is -2.18. The molecule has 0 aromatic heterocycles. The number of aliphatic hydroxyl groups excluding tert-OH is 1. The molecule has 1 unspecified atom stereocenters. The van der Waals surface area contributed by atoms with E-state index in [2.05, 4.69) is 6.92 Å². The number of hydrogen-bond acceptors (Lipinski definition) is 4. The Bertz CT molecular complexity index is 411. The summed E-state index contributed by atoms with van der Waals surface area (Å²) in [5.74, 6) is -2.48. The first-order chi connectivity index (χ1) is 12.4. The second kappa shape index (κ2) is 15.8. The molecule has 0 aliphatic heterocycles. The summed E-state index contributed by atoms with van der Waals surface area (Å²) < 4.78 is 0. The minimum atomic E-state index is -1.24. The van der Waals surface area contributed by atoms with Crippen LogP contribution in [0.15, 0.2) is 0 Å². The van der Waals surface area contributed by atoms with Gasteiger partial charge in [0.15, 0.2) is 0 Å². The summed E-state index contributed by atoms with van der Waals surface area (Å²) >= 11 is 0. The summed E-state index contributed by atoms with van der Waals surface area (Å²) in [5, 5.41) is 18.6. The molecule has 2 amide bonds. The van der Waals surface area contributed by atoms with E-state index in [1.165, 1.54) is 51.4 Å². The molecule has 26 heavy (non-hydrogen) atoms. The van der Waals surface area contributed by atoms with Crippen LogP contribution in [0.4, 0.5) is 0 Å². The highest BCUT2D eigenvalue weighted by molar-refractivity contribution is 5.97. The van der Waals surface area contributed by atoms with Gasteiger partial charge in [0, 0.05) is 6.92 Å². The molecule has 0 radical (unpaired) electrons. The molecule has 0 heterocycles. The van der Waals surface area contributed by atoms with Crippen LogP contribution < -0.4 is 0 Å². The number of imide groups is 1. The Labute approximate surface area is 158 Å². The third-order valence-electron chi connectivity index (χ3n) is 4.53. The molecule has 0 aliphatic carbocycles. The lowest BCUT2D eigenvalue weighted by molar-refractivity contribution is -0.152. The summed E-state index contributed by atoms with van der Waals surface area (Å²) in [5.41, 5.74) is 0. The molecular formula is C20H37NO5. The number of aliphatic carboxylic acids is 1. The van der Waals surface area contributed by atoms with Crippen LogP contribution in [0.25, 0.3) is 0 Å². The van der Waals surface area contributed by atoms with Gasteiger partial charge >= 0.3 is 5.97 Å². The minimum absolute atomic E-state index is 0.204. The second-order valence-corrected chi connectivity index (χ2v) is 7.07. The van der Waals surface area contributed by atoms with Crippen molar-refractivity contribution in [1.29, 1.82) is 0 Å². The lowest BCUT2D eigenvalue weighted by atomic mass is 10.0. The number of amides is 2. The van der Waals surface area contributed by atoms with Gasteiger partial charge in [-0.15, -0.1) is 0 Å². The summed E-state index contributed by atoms with van der Waals surface area (Å²) in [4.78, 5) is 34.6. The fourth-order valence-electron chi connectivity index (χ4n) is 2.97. The van der Waals surface area contributed by atoms with E-state index >= 15 is 0 Å². The van der Waals surface area contributed by atoms with Crippen LogP contribution in [0, 0.1) is 0 Å². The molecule has 0 bridgehead atoms. The molecule has 0 saturated carbocycles. The van der Waals surface area contributed by atoms with E-state index in [0.29, 0.717) is 11.3 Å². The van der Waals surface area contributed by atoms with E-state index in [1.807, 2.05) is 0 Å². The van der Waals surface area contributed by atoms with Crippen molar-refractivity contribution < 1.29 is 24.6 Å². The van der Waals surface area contributed by atoms with Gasteiger partial charge in [-0.3, -0.25) is 19.3 Å². The average Bonchev–Trinajstić information content (AvgIpc) is 2.57. The van der Waals surface area contributed by atoms with E-state index in [-0.39, 0.29) is 6.42 Å². The highest BCUT2D eigenvalue weighted by Crippen LogP contribution is 2.13. The molecule has 152 valence electrons. The molecule has 0 aromatic rings. The van der Waals surface area contributed by atoms with Crippen molar-refractivity contribution in [1.82, 2.24) is 4.90 Å². The van der Waals surface area contributed by atoms with Crippen molar-refractivity contribution in [2.45, 2.75) is 103 Å². The van der Waals surface area contributed by atoms with Gasteiger partial charge in [0.05, 0.1) is 12.5 Å². The topological polar surface area (TPSA) is 94.9 Å². The number of aliphatic hydroxyl groups is 1. The molecule has 0 aromatic carbocycles. The smallest absolute Gasteiger partial charge is 0.323 e. The fourth-order valence-corrected chi connectivity index (χ4v) is 2.97. The number of rotatable bonds is 16. The first kappa shape index (κ1) is 24.6. The van der Waals surface area contributed by atoms with Crippen LogP contribution in [0.2, 0.25) is 0 Å². The summed E-state index contributed by atoms with van der Waals surface area (Å²) in [6.45, 7) is 2.72. The Morgan fingerprint density at radius 3 is 1.73 bits per heavy atom. The molecule has 0 saturated heterocycles. The van der Waals surface area contributed by atoms with Crippen LogP contribution in [0.3, 0.4) is 0 Å². The predicted octanol–water partition coefficient (Wildman–Crippen LogP) is 3.90. The Balaban J connectivity index is 3.70. The van der Waals surface area contributed by atoms with E-state index < -0.39 is 30.4 Å². The SMILES string of the molecule is CCCCCCCCCCCCCC(O)CC(=O)N(CC(=O)O)C(C)=O. The normalized spacial score (nSPS) is 12.0. The lowest BCUT2D eigenvalue weighted by Crippen LogP contribution is -2.40. The van der Waals surface area contributed by atoms with Gasteiger partial charge in [-0.25, -0.2) is 0 Å². The Morgan fingerprint density at radius 1 is 0.846 bits per heavy atom. The van der Waals surface area contributed by atoms with Crippen molar-refractivity contribution in [2.75, 3.05) is 6.54 Å². The van der Waals surface area contributed by atoms with Crippen molar-refractivity contribution in [3.63, 3.8) is 0 Å². The third-order valence-corrected chi connectivity index (χ3v) is 4.53. The summed E-state index contributed by atoms with van der Waals surface area (Å²) in [6, 6.07) is 0. The first-order valence-corrected chi connectivity index (χ1v) is 10.1. The Hall–Kier alpha value is -1.43. The largest absolute Gasteiger partial charge is 0.480 e. The fraction of sp³-hybridized carbons (Fsp3) is 0.850. The number of carboxylic acid groups (broad SMARTS) is 1. The molecule has 2 N–H and O–H groups in total. The van der Waals surface area contributed by atoms with Gasteiger partial charge in [0.2, 0.25) is 11.8 Å².